The quantitative estimate of drug-likeness (QED) is 0.0117. The Bertz CT molecular complexity index is 2490. The summed E-state index contributed by atoms with van der Waals surface area (Å²) in [5.41, 5.74) is 0. The molecule has 708 valence electrons. The molecular weight excluding hydrogens is 1560 g/mol. The van der Waals surface area contributed by atoms with Crippen molar-refractivity contribution in [2.75, 3.05) is 26.4 Å². The van der Waals surface area contributed by atoms with Crippen LogP contribution >= 0.6 is 7.82 Å². The second-order valence-electron chi connectivity index (χ2n) is 35.3. The number of rotatable bonds is 81. The van der Waals surface area contributed by atoms with Gasteiger partial charge in [-0.25, -0.2) is 4.57 Å². The Labute approximate surface area is 725 Å². The molecule has 0 aromatic carbocycles. The number of carbonyl (C=O) groups excluding carboxylic acids is 4. The van der Waals surface area contributed by atoms with E-state index in [0.717, 1.165) is 128 Å². The van der Waals surface area contributed by atoms with Gasteiger partial charge in [-0.1, -0.05) is 394 Å². The van der Waals surface area contributed by atoms with Gasteiger partial charge in [0.2, 0.25) is 0 Å². The van der Waals surface area contributed by atoms with E-state index in [1.807, 2.05) is 0 Å². The van der Waals surface area contributed by atoms with Crippen molar-refractivity contribution >= 4 is 31.7 Å². The summed E-state index contributed by atoms with van der Waals surface area (Å²) in [5, 5.41) is 102. The van der Waals surface area contributed by atoms with Crippen LogP contribution in [0.25, 0.3) is 0 Å². The molecule has 26 heteroatoms. The molecule has 0 bridgehead atoms. The summed E-state index contributed by atoms with van der Waals surface area (Å²) in [6.45, 7) is 5.67. The second kappa shape index (κ2) is 73.4. The zero-order chi connectivity index (χ0) is 87.5. The summed E-state index contributed by atoms with van der Waals surface area (Å²) < 4.78 is 73.6. The van der Waals surface area contributed by atoms with E-state index >= 15 is 0 Å². The van der Waals surface area contributed by atoms with E-state index in [1.54, 1.807) is 0 Å². The van der Waals surface area contributed by atoms with Crippen LogP contribution in [-0.2, 0) is 70.7 Å². The minimum atomic E-state index is -5.80. The van der Waals surface area contributed by atoms with Crippen molar-refractivity contribution in [1.82, 2.24) is 0 Å². The molecule has 0 aromatic heterocycles. The monoisotopic (exact) mass is 1740 g/mol. The van der Waals surface area contributed by atoms with Gasteiger partial charge in [0.25, 0.3) is 0 Å². The van der Waals surface area contributed by atoms with Crippen LogP contribution in [-0.4, -0.2) is 205 Å². The summed E-state index contributed by atoms with van der Waals surface area (Å²) in [7, 11) is -5.80. The molecular formula is C94H177O25P. The van der Waals surface area contributed by atoms with Gasteiger partial charge in [-0.05, 0) is 25.7 Å². The fourth-order valence-electron chi connectivity index (χ4n) is 16.6. The Hall–Kier alpha value is -2.53. The highest BCUT2D eigenvalue weighted by molar-refractivity contribution is 7.47. The first-order valence-corrected chi connectivity index (χ1v) is 50.8. The van der Waals surface area contributed by atoms with E-state index in [1.165, 1.54) is 231 Å². The van der Waals surface area contributed by atoms with Crippen molar-refractivity contribution in [3.05, 3.63) is 0 Å². The predicted octanol–water partition coefficient (Wildman–Crippen LogP) is 18.9. The van der Waals surface area contributed by atoms with Crippen LogP contribution in [0.15, 0.2) is 0 Å². The molecule has 1 aliphatic carbocycles. The third-order valence-electron chi connectivity index (χ3n) is 24.4. The standard InChI is InChI=1S/C94H177O25P/c1-5-9-13-17-21-25-29-33-36-39-43-47-51-55-59-63-67-78(97)111-73-76-82(101)84(103)88(107)94(115-76)118-91-89(116-80(99)69-65-61-57-53-49-45-41-38-35-31-27-23-19-15-11-7-3)85(104)86(105)90(117-93-87(106)83(102)81(100)75(70-95)114-93)92(91)119-120(108,109)112-72-74(71-110-77(96)66-62-58-54-50-46-42-32-28-24-20-16-12-8-4)113-79(98)68-64-60-56-52-48-44-40-37-34-30-26-22-18-14-10-6-2/h74-76,81-95,100-107H,5-73H2,1-4H3,(H,108,109). The second-order valence-corrected chi connectivity index (χ2v) is 36.7. The van der Waals surface area contributed by atoms with Crippen LogP contribution in [0, 0.1) is 0 Å². The van der Waals surface area contributed by atoms with Gasteiger partial charge in [0.15, 0.2) is 24.8 Å². The molecule has 120 heavy (non-hydrogen) atoms. The van der Waals surface area contributed by atoms with E-state index in [4.69, 9.17) is 46.9 Å². The van der Waals surface area contributed by atoms with Crippen LogP contribution in [0.3, 0.4) is 0 Å². The zero-order valence-electron chi connectivity index (χ0n) is 75.6. The van der Waals surface area contributed by atoms with E-state index in [9.17, 15) is 74.6 Å². The van der Waals surface area contributed by atoms with Crippen LogP contribution in [0.2, 0.25) is 0 Å². The zero-order valence-corrected chi connectivity index (χ0v) is 76.5. The normalized spacial score (nSPS) is 24.6. The Balaban J connectivity index is 1.89. The molecule has 18 atom stereocenters. The van der Waals surface area contributed by atoms with E-state index < -0.39 is 162 Å². The first-order valence-electron chi connectivity index (χ1n) is 49.3. The van der Waals surface area contributed by atoms with Crippen molar-refractivity contribution < 1.29 is 122 Å². The number of phosphoric ester groups is 1. The number of ether oxygens (including phenoxy) is 8. The largest absolute Gasteiger partial charge is 0.472 e. The van der Waals surface area contributed by atoms with Gasteiger partial charge in [-0.2, -0.15) is 0 Å². The van der Waals surface area contributed by atoms with Crippen molar-refractivity contribution in [2.45, 2.75) is 549 Å². The molecule has 18 unspecified atom stereocenters. The Kier molecular flexibility index (Phi) is 68.3. The average molecular weight is 1740 g/mol. The molecule has 2 aliphatic heterocycles. The van der Waals surface area contributed by atoms with Crippen LogP contribution in [0.4, 0.5) is 0 Å². The lowest BCUT2D eigenvalue weighted by atomic mass is 9.84. The van der Waals surface area contributed by atoms with E-state index in [0.29, 0.717) is 32.1 Å². The molecule has 3 rings (SSSR count). The van der Waals surface area contributed by atoms with Crippen molar-refractivity contribution in [3.63, 3.8) is 0 Å². The van der Waals surface area contributed by atoms with Crippen LogP contribution < -0.4 is 0 Å². The van der Waals surface area contributed by atoms with Gasteiger partial charge in [-0.3, -0.25) is 28.2 Å². The number of hydrogen-bond donors (Lipinski definition) is 10. The van der Waals surface area contributed by atoms with E-state index in [2.05, 4.69) is 27.7 Å². The number of esters is 4. The third-order valence-corrected chi connectivity index (χ3v) is 25.3. The van der Waals surface area contributed by atoms with Crippen molar-refractivity contribution in [2.24, 2.45) is 0 Å². The highest BCUT2D eigenvalue weighted by Gasteiger charge is 2.60. The molecule has 0 spiro atoms. The van der Waals surface area contributed by atoms with Crippen molar-refractivity contribution in [3.8, 4) is 0 Å². The number of carbonyl (C=O) groups is 4. The Morgan fingerprint density at radius 2 is 0.575 bits per heavy atom. The SMILES string of the molecule is CCCCCCCCCCCCCCCCCCC(=O)OCC1OC(OC2C(OC(=O)CCCCCCCCCCCCCCCCCC)C(O)C(O)C(OC3OC(CO)C(O)C(O)C3O)C2OP(=O)(O)OCC(COC(=O)CCCCCCCCCCCCCCC)OC(=O)CCCCCCCCCCCCCCCCCC)C(O)C(O)C1O. The summed E-state index contributed by atoms with van der Waals surface area (Å²) in [5.74, 6) is -2.93. The summed E-state index contributed by atoms with van der Waals surface area (Å²) in [6.07, 6.45) is 32.1. The summed E-state index contributed by atoms with van der Waals surface area (Å²) in [6, 6.07) is 0. The minimum absolute atomic E-state index is 0.0206. The number of aliphatic hydroxyl groups excluding tert-OH is 9. The van der Waals surface area contributed by atoms with Gasteiger partial charge in [0, 0.05) is 25.7 Å². The van der Waals surface area contributed by atoms with Crippen LogP contribution in [0.5, 0.6) is 0 Å². The van der Waals surface area contributed by atoms with Gasteiger partial charge in [0.05, 0.1) is 13.2 Å². The molecule has 10 N–H and O–H groups in total. The third kappa shape index (κ3) is 52.7. The molecule has 3 fully saturated rings. The smallest absolute Gasteiger partial charge is 0.463 e. The highest BCUT2D eigenvalue weighted by Crippen LogP contribution is 2.49. The van der Waals surface area contributed by atoms with Gasteiger partial charge >= 0.3 is 31.7 Å². The number of phosphoric acid groups is 1. The lowest BCUT2D eigenvalue weighted by Gasteiger charge is -2.50. The highest BCUT2D eigenvalue weighted by atomic mass is 31.2. The Morgan fingerprint density at radius 3 is 0.908 bits per heavy atom. The lowest BCUT2D eigenvalue weighted by Crippen LogP contribution is -2.70. The van der Waals surface area contributed by atoms with Crippen LogP contribution in [0.1, 0.15) is 445 Å². The van der Waals surface area contributed by atoms with Gasteiger partial charge in [0.1, 0.15) is 92.6 Å². The average Bonchev–Trinajstić information content (AvgIpc) is 0.757. The van der Waals surface area contributed by atoms with Crippen molar-refractivity contribution in [1.29, 1.82) is 0 Å². The van der Waals surface area contributed by atoms with Gasteiger partial charge in [-0.15, -0.1) is 0 Å². The number of hydrogen-bond acceptors (Lipinski definition) is 24. The Morgan fingerprint density at radius 1 is 0.300 bits per heavy atom. The molecule has 3 aliphatic rings. The first-order chi connectivity index (χ1) is 58.2. The first kappa shape index (κ1) is 112. The van der Waals surface area contributed by atoms with E-state index in [-0.39, 0.29) is 25.7 Å². The topological polar surface area (TPSA) is 380 Å². The molecule has 1 saturated carbocycles. The number of aliphatic hydroxyl groups is 9. The molecule has 0 radical (unpaired) electrons. The molecule has 2 heterocycles. The lowest BCUT2D eigenvalue weighted by molar-refractivity contribution is -0.360. The fraction of sp³-hybridized carbons (Fsp3) is 0.957. The molecule has 0 aromatic rings. The maximum atomic E-state index is 14.9. The molecule has 0 amide bonds. The minimum Gasteiger partial charge on any atom is -0.463 e. The fourth-order valence-corrected chi connectivity index (χ4v) is 17.5. The summed E-state index contributed by atoms with van der Waals surface area (Å²) in [4.78, 5) is 66.6. The molecule has 2 saturated heterocycles. The maximum Gasteiger partial charge on any atom is 0.472 e. The maximum absolute atomic E-state index is 14.9. The predicted molar refractivity (Wildman–Crippen MR) is 467 cm³/mol. The summed E-state index contributed by atoms with van der Waals surface area (Å²) >= 11 is 0. The van der Waals surface area contributed by atoms with Gasteiger partial charge < -0.3 is 88.7 Å². The molecule has 25 nitrogen and oxygen atoms in total. The number of unbranched alkanes of at least 4 members (excludes halogenated alkanes) is 57.